The first kappa shape index (κ1) is 22.4. The minimum Gasteiger partial charge on any atom is -0.488 e. The van der Waals surface area contributed by atoms with Crippen LogP contribution in [0.15, 0.2) is 54.6 Å². The van der Waals surface area contributed by atoms with Gasteiger partial charge in [0, 0.05) is 41.1 Å². The molecule has 0 bridgehead atoms. The van der Waals surface area contributed by atoms with Gasteiger partial charge >= 0.3 is 0 Å². The minimum absolute atomic E-state index is 0.0865. The lowest BCUT2D eigenvalue weighted by Gasteiger charge is -2.11. The fourth-order valence-electron chi connectivity index (χ4n) is 3.47. The number of aliphatic hydroxyl groups is 1. The van der Waals surface area contributed by atoms with E-state index in [1.807, 2.05) is 6.92 Å². The number of benzene rings is 3. The highest BCUT2D eigenvalue weighted by molar-refractivity contribution is 6.13. The van der Waals surface area contributed by atoms with Crippen molar-refractivity contribution in [3.8, 4) is 5.75 Å². The van der Waals surface area contributed by atoms with E-state index in [1.165, 1.54) is 12.1 Å². The van der Waals surface area contributed by atoms with Crippen LogP contribution in [0.2, 0.25) is 0 Å². The second-order valence-corrected chi connectivity index (χ2v) is 7.72. The number of nitrogens with one attached hydrogen (secondary N) is 2. The summed E-state index contributed by atoms with van der Waals surface area (Å²) in [6.07, 6.45) is -0.121. The van der Waals surface area contributed by atoms with E-state index in [4.69, 9.17) is 4.74 Å². The van der Waals surface area contributed by atoms with Crippen LogP contribution in [0.1, 0.15) is 45.2 Å². The van der Waals surface area contributed by atoms with Crippen LogP contribution in [0.25, 0.3) is 0 Å². The van der Waals surface area contributed by atoms with Crippen molar-refractivity contribution >= 4 is 23.1 Å². The summed E-state index contributed by atoms with van der Waals surface area (Å²) in [4.78, 5) is 25.6. The molecule has 0 aromatic heterocycles. The van der Waals surface area contributed by atoms with E-state index in [2.05, 4.69) is 10.6 Å². The Hall–Kier alpha value is -3.78. The highest BCUT2D eigenvalue weighted by atomic mass is 19.1. The Morgan fingerprint density at radius 3 is 2.67 bits per heavy atom. The summed E-state index contributed by atoms with van der Waals surface area (Å²) >= 11 is 0. The van der Waals surface area contributed by atoms with Gasteiger partial charge < -0.3 is 20.5 Å². The molecule has 1 heterocycles. The number of carbonyl (C=O) groups excluding carboxylic acids is 2. The number of anilines is 2. The maximum atomic E-state index is 14.0. The normalized spacial score (nSPS) is 13.3. The van der Waals surface area contributed by atoms with E-state index in [0.29, 0.717) is 40.1 Å². The molecule has 33 heavy (non-hydrogen) atoms. The zero-order valence-corrected chi connectivity index (χ0v) is 17.8. The third-order valence-electron chi connectivity index (χ3n) is 5.41. The molecule has 0 spiro atoms. The van der Waals surface area contributed by atoms with Crippen molar-refractivity contribution in [2.75, 3.05) is 11.9 Å². The number of rotatable bonds is 6. The SMILES string of the molecule is CCC(O)CNC(=O)c1ccc2c(c1)C(=O)c1ccc(Nc3ccc(F)cc3F)cc1OC2. The standard InChI is InChI=1S/C25H22F2N2O4/c1-2-18(30)12-28-25(32)14-3-4-15-13-33-23-11-17(6-7-19(23)24(31)20(15)9-14)29-22-8-5-16(26)10-21(22)27/h3-11,18,29-30H,2,12-13H2,1H3,(H,28,32). The summed E-state index contributed by atoms with van der Waals surface area (Å²) in [5.41, 5.74) is 2.14. The molecule has 8 heteroatoms. The van der Waals surface area contributed by atoms with Gasteiger partial charge in [-0.05, 0) is 42.8 Å². The van der Waals surface area contributed by atoms with Crippen LogP contribution in [0.3, 0.4) is 0 Å². The molecule has 170 valence electrons. The Kier molecular flexibility index (Phi) is 6.37. The predicted molar refractivity (Wildman–Crippen MR) is 119 cm³/mol. The van der Waals surface area contributed by atoms with Crippen LogP contribution < -0.4 is 15.4 Å². The molecule has 0 aliphatic carbocycles. The highest BCUT2D eigenvalue weighted by Gasteiger charge is 2.24. The van der Waals surface area contributed by atoms with Crippen LogP contribution in [-0.4, -0.2) is 29.4 Å². The molecule has 3 N–H and O–H groups in total. The summed E-state index contributed by atoms with van der Waals surface area (Å²) in [5, 5.41) is 15.2. The Balaban J connectivity index is 1.58. The van der Waals surface area contributed by atoms with Crippen molar-refractivity contribution < 1.29 is 28.2 Å². The highest BCUT2D eigenvalue weighted by Crippen LogP contribution is 2.32. The van der Waals surface area contributed by atoms with E-state index in [9.17, 15) is 23.5 Å². The van der Waals surface area contributed by atoms with Gasteiger partial charge in [0.2, 0.25) is 0 Å². The van der Waals surface area contributed by atoms with E-state index in [1.54, 1.807) is 30.3 Å². The number of carbonyl (C=O) groups is 2. The topological polar surface area (TPSA) is 87.7 Å². The van der Waals surface area contributed by atoms with Gasteiger partial charge in [-0.2, -0.15) is 0 Å². The van der Waals surface area contributed by atoms with Gasteiger partial charge in [-0.1, -0.05) is 13.0 Å². The zero-order chi connectivity index (χ0) is 23.5. The van der Waals surface area contributed by atoms with E-state index in [0.717, 1.165) is 12.1 Å². The number of ketones is 1. The Morgan fingerprint density at radius 1 is 1.09 bits per heavy atom. The fraction of sp³-hybridized carbons (Fsp3) is 0.200. The second-order valence-electron chi connectivity index (χ2n) is 7.72. The molecule has 0 saturated carbocycles. The zero-order valence-electron chi connectivity index (χ0n) is 17.8. The molecule has 3 aromatic rings. The van der Waals surface area contributed by atoms with Crippen LogP contribution in [0, 0.1) is 11.6 Å². The smallest absolute Gasteiger partial charge is 0.251 e. The van der Waals surface area contributed by atoms with Gasteiger partial charge in [0.1, 0.15) is 24.0 Å². The molecule has 1 aliphatic rings. The van der Waals surface area contributed by atoms with Crippen LogP contribution in [0.5, 0.6) is 5.75 Å². The lowest BCUT2D eigenvalue weighted by atomic mass is 9.96. The molecule has 0 radical (unpaired) electrons. The van der Waals surface area contributed by atoms with Gasteiger partial charge in [0.25, 0.3) is 5.91 Å². The van der Waals surface area contributed by atoms with Crippen molar-refractivity contribution in [2.45, 2.75) is 26.1 Å². The molecular formula is C25H22F2N2O4. The molecule has 4 rings (SSSR count). The van der Waals surface area contributed by atoms with Crippen LogP contribution in [0.4, 0.5) is 20.2 Å². The second kappa shape index (κ2) is 9.38. The maximum absolute atomic E-state index is 14.0. The van der Waals surface area contributed by atoms with Crippen molar-refractivity contribution in [1.29, 1.82) is 0 Å². The summed E-state index contributed by atoms with van der Waals surface area (Å²) in [5.74, 6) is -1.81. The van der Waals surface area contributed by atoms with E-state index < -0.39 is 17.7 Å². The summed E-state index contributed by atoms with van der Waals surface area (Å²) in [7, 11) is 0. The predicted octanol–water partition coefficient (Wildman–Crippen LogP) is 4.33. The molecular weight excluding hydrogens is 430 g/mol. The quantitative estimate of drug-likeness (QED) is 0.518. The number of hydrogen-bond acceptors (Lipinski definition) is 5. The monoisotopic (exact) mass is 452 g/mol. The Labute approximate surface area is 189 Å². The van der Waals surface area contributed by atoms with Gasteiger partial charge in [-0.25, -0.2) is 8.78 Å². The summed E-state index contributed by atoms with van der Waals surface area (Å²) < 4.78 is 32.9. The molecule has 1 aliphatic heterocycles. The number of hydrogen-bond donors (Lipinski definition) is 3. The van der Waals surface area contributed by atoms with Crippen molar-refractivity contribution in [3.63, 3.8) is 0 Å². The number of ether oxygens (including phenoxy) is 1. The number of halogens is 2. The largest absolute Gasteiger partial charge is 0.488 e. The summed E-state index contributed by atoms with van der Waals surface area (Å²) in [6.45, 7) is 2.04. The average Bonchev–Trinajstić information content (AvgIpc) is 2.95. The number of amides is 1. The van der Waals surface area contributed by atoms with Crippen molar-refractivity contribution in [3.05, 3.63) is 88.5 Å². The molecule has 1 unspecified atom stereocenters. The third kappa shape index (κ3) is 4.85. The lowest BCUT2D eigenvalue weighted by Crippen LogP contribution is -2.31. The minimum atomic E-state index is -0.744. The first-order valence-electron chi connectivity index (χ1n) is 10.5. The Morgan fingerprint density at radius 2 is 1.91 bits per heavy atom. The Bertz CT molecular complexity index is 1230. The first-order valence-corrected chi connectivity index (χ1v) is 10.5. The van der Waals surface area contributed by atoms with Crippen molar-refractivity contribution in [2.24, 2.45) is 0 Å². The lowest BCUT2D eigenvalue weighted by molar-refractivity contribution is 0.0914. The van der Waals surface area contributed by atoms with Gasteiger partial charge in [-0.15, -0.1) is 0 Å². The molecule has 1 atom stereocenters. The van der Waals surface area contributed by atoms with E-state index >= 15 is 0 Å². The molecule has 3 aromatic carbocycles. The first-order chi connectivity index (χ1) is 15.9. The van der Waals surface area contributed by atoms with Crippen LogP contribution in [-0.2, 0) is 6.61 Å². The van der Waals surface area contributed by atoms with Crippen LogP contribution >= 0.6 is 0 Å². The van der Waals surface area contributed by atoms with Gasteiger partial charge in [-0.3, -0.25) is 9.59 Å². The summed E-state index contributed by atoms with van der Waals surface area (Å²) in [6, 6.07) is 12.7. The molecule has 6 nitrogen and oxygen atoms in total. The fourth-order valence-corrected chi connectivity index (χ4v) is 3.47. The van der Waals surface area contributed by atoms with Gasteiger partial charge in [0.05, 0.1) is 17.4 Å². The molecule has 0 fully saturated rings. The maximum Gasteiger partial charge on any atom is 0.251 e. The number of aliphatic hydroxyl groups excluding tert-OH is 1. The average molecular weight is 452 g/mol. The van der Waals surface area contributed by atoms with E-state index in [-0.39, 0.29) is 30.5 Å². The molecule has 0 saturated heterocycles. The third-order valence-corrected chi connectivity index (χ3v) is 5.41. The van der Waals surface area contributed by atoms with Gasteiger partial charge in [0.15, 0.2) is 5.78 Å². The molecule has 1 amide bonds. The van der Waals surface area contributed by atoms with Crippen molar-refractivity contribution in [1.82, 2.24) is 5.32 Å². The number of fused-ring (bicyclic) bond motifs is 2.